The first-order chi connectivity index (χ1) is 11.6. The summed E-state index contributed by atoms with van der Waals surface area (Å²) in [5.74, 6) is 0. The van der Waals surface area contributed by atoms with Crippen molar-refractivity contribution in [1.29, 1.82) is 0 Å². The van der Waals surface area contributed by atoms with Crippen LogP contribution >= 0.6 is 0 Å². The van der Waals surface area contributed by atoms with E-state index in [2.05, 4.69) is 27.8 Å². The molecular weight excluding hydrogens is 304 g/mol. The molecule has 1 aliphatic rings. The van der Waals surface area contributed by atoms with E-state index in [1.165, 1.54) is 5.56 Å². The number of rotatable bonds is 5. The van der Waals surface area contributed by atoms with Gasteiger partial charge >= 0.3 is 0 Å². The number of nitro benzene ring substituents is 1. The first kappa shape index (κ1) is 16.5. The molecule has 126 valence electrons. The lowest BCUT2D eigenvalue weighted by Gasteiger charge is -2.34. The number of aryl methyl sites for hydroxylation is 1. The highest BCUT2D eigenvalue weighted by Gasteiger charge is 2.18. The molecular formula is C18H22N4O2. The lowest BCUT2D eigenvalue weighted by molar-refractivity contribution is -0.384. The van der Waals surface area contributed by atoms with E-state index < -0.39 is 0 Å². The SMILES string of the molecule is Cc1cccnc1CN1CCN(Cc2ccc([N+](=O)[O-])cc2)CC1. The molecule has 24 heavy (non-hydrogen) atoms. The predicted octanol–water partition coefficient (Wildman–Crippen LogP) is 2.62. The van der Waals surface area contributed by atoms with Gasteiger partial charge in [-0.25, -0.2) is 0 Å². The van der Waals surface area contributed by atoms with E-state index in [0.29, 0.717) is 0 Å². The maximum Gasteiger partial charge on any atom is 0.269 e. The van der Waals surface area contributed by atoms with E-state index >= 15 is 0 Å². The molecule has 0 amide bonds. The summed E-state index contributed by atoms with van der Waals surface area (Å²) >= 11 is 0. The molecule has 0 saturated carbocycles. The van der Waals surface area contributed by atoms with Crippen LogP contribution in [0.25, 0.3) is 0 Å². The lowest BCUT2D eigenvalue weighted by Crippen LogP contribution is -2.45. The predicted molar refractivity (Wildman–Crippen MR) is 92.6 cm³/mol. The van der Waals surface area contributed by atoms with E-state index in [1.54, 1.807) is 12.1 Å². The van der Waals surface area contributed by atoms with E-state index in [-0.39, 0.29) is 10.6 Å². The van der Waals surface area contributed by atoms with Crippen molar-refractivity contribution in [2.75, 3.05) is 26.2 Å². The first-order valence-electron chi connectivity index (χ1n) is 8.20. The van der Waals surface area contributed by atoms with Crippen molar-refractivity contribution in [1.82, 2.24) is 14.8 Å². The smallest absolute Gasteiger partial charge is 0.269 e. The second kappa shape index (κ2) is 7.51. The molecule has 1 aromatic carbocycles. The van der Waals surface area contributed by atoms with E-state index in [1.807, 2.05) is 24.4 Å². The number of pyridine rings is 1. The Morgan fingerprint density at radius 3 is 2.25 bits per heavy atom. The second-order valence-corrected chi connectivity index (χ2v) is 6.24. The van der Waals surface area contributed by atoms with Gasteiger partial charge in [-0.3, -0.25) is 24.9 Å². The maximum absolute atomic E-state index is 10.7. The van der Waals surface area contributed by atoms with Crippen LogP contribution in [0, 0.1) is 17.0 Å². The molecule has 2 heterocycles. The minimum absolute atomic E-state index is 0.148. The van der Waals surface area contributed by atoms with E-state index in [0.717, 1.165) is 50.5 Å². The van der Waals surface area contributed by atoms with Crippen LogP contribution < -0.4 is 0 Å². The number of aromatic nitrogens is 1. The Morgan fingerprint density at radius 1 is 1.04 bits per heavy atom. The first-order valence-corrected chi connectivity index (χ1v) is 8.20. The molecule has 0 atom stereocenters. The van der Waals surface area contributed by atoms with Crippen molar-refractivity contribution in [3.8, 4) is 0 Å². The molecule has 6 heteroatoms. The topological polar surface area (TPSA) is 62.5 Å². The Labute approximate surface area is 141 Å². The van der Waals surface area contributed by atoms with Gasteiger partial charge in [-0.05, 0) is 24.1 Å². The number of nitrogens with zero attached hydrogens (tertiary/aromatic N) is 4. The minimum atomic E-state index is -0.359. The molecule has 1 fully saturated rings. The summed E-state index contributed by atoms with van der Waals surface area (Å²) in [6, 6.07) is 10.9. The monoisotopic (exact) mass is 326 g/mol. The quantitative estimate of drug-likeness (QED) is 0.624. The van der Waals surface area contributed by atoms with Crippen molar-refractivity contribution in [2.24, 2.45) is 0 Å². The number of nitro groups is 1. The molecule has 2 aromatic rings. The van der Waals surface area contributed by atoms with Gasteiger partial charge in [0.2, 0.25) is 0 Å². The van der Waals surface area contributed by atoms with Crippen molar-refractivity contribution < 1.29 is 4.92 Å². The van der Waals surface area contributed by atoms with Crippen LogP contribution in [0.5, 0.6) is 0 Å². The lowest BCUT2D eigenvalue weighted by atomic mass is 10.1. The molecule has 0 radical (unpaired) electrons. The maximum atomic E-state index is 10.7. The van der Waals surface area contributed by atoms with Gasteiger partial charge in [0.15, 0.2) is 0 Å². The molecule has 1 aliphatic heterocycles. The third-order valence-corrected chi connectivity index (χ3v) is 4.51. The number of hydrogen-bond donors (Lipinski definition) is 0. The van der Waals surface area contributed by atoms with Gasteiger partial charge in [0.25, 0.3) is 5.69 Å². The molecule has 1 aromatic heterocycles. The Balaban J connectivity index is 1.50. The Hall–Kier alpha value is -2.31. The number of piperazine rings is 1. The van der Waals surface area contributed by atoms with Crippen LogP contribution in [-0.4, -0.2) is 45.9 Å². The van der Waals surface area contributed by atoms with Gasteiger partial charge in [0.05, 0.1) is 10.6 Å². The average Bonchev–Trinajstić information content (AvgIpc) is 2.59. The molecule has 0 aliphatic carbocycles. The summed E-state index contributed by atoms with van der Waals surface area (Å²) in [6.07, 6.45) is 1.85. The zero-order valence-corrected chi connectivity index (χ0v) is 13.9. The minimum Gasteiger partial charge on any atom is -0.297 e. The summed E-state index contributed by atoms with van der Waals surface area (Å²) in [5.41, 5.74) is 3.66. The third kappa shape index (κ3) is 4.15. The van der Waals surface area contributed by atoms with Crippen molar-refractivity contribution in [2.45, 2.75) is 20.0 Å². The van der Waals surface area contributed by atoms with E-state index in [9.17, 15) is 10.1 Å². The van der Waals surface area contributed by atoms with Gasteiger partial charge in [-0.1, -0.05) is 18.2 Å². The van der Waals surface area contributed by atoms with Crippen molar-refractivity contribution in [3.63, 3.8) is 0 Å². The van der Waals surface area contributed by atoms with Crippen molar-refractivity contribution in [3.05, 3.63) is 69.5 Å². The summed E-state index contributed by atoms with van der Waals surface area (Å²) in [4.78, 5) is 19.6. The number of non-ortho nitro benzene ring substituents is 1. The highest BCUT2D eigenvalue weighted by atomic mass is 16.6. The van der Waals surface area contributed by atoms with Crippen LogP contribution in [0.1, 0.15) is 16.8 Å². The fraction of sp³-hybridized carbons (Fsp3) is 0.389. The van der Waals surface area contributed by atoms with Crippen LogP contribution in [-0.2, 0) is 13.1 Å². The molecule has 0 bridgehead atoms. The molecule has 0 spiro atoms. The fourth-order valence-corrected chi connectivity index (χ4v) is 2.98. The zero-order chi connectivity index (χ0) is 16.9. The molecule has 6 nitrogen and oxygen atoms in total. The standard InChI is InChI=1S/C18H22N4O2/c1-15-3-2-8-19-18(15)14-21-11-9-20(10-12-21)13-16-4-6-17(7-5-16)22(23)24/h2-8H,9-14H2,1H3. The molecule has 0 N–H and O–H groups in total. The van der Waals surface area contributed by atoms with Gasteiger partial charge in [0.1, 0.15) is 0 Å². The van der Waals surface area contributed by atoms with Crippen LogP contribution in [0.15, 0.2) is 42.6 Å². The van der Waals surface area contributed by atoms with Gasteiger partial charge in [-0.2, -0.15) is 0 Å². The summed E-state index contributed by atoms with van der Waals surface area (Å²) in [7, 11) is 0. The molecule has 1 saturated heterocycles. The average molecular weight is 326 g/mol. The fourth-order valence-electron chi connectivity index (χ4n) is 2.98. The van der Waals surface area contributed by atoms with Gasteiger partial charge in [-0.15, -0.1) is 0 Å². The van der Waals surface area contributed by atoms with Gasteiger partial charge in [0, 0.05) is 57.6 Å². The normalized spacial score (nSPS) is 16.2. The zero-order valence-electron chi connectivity index (χ0n) is 13.9. The summed E-state index contributed by atoms with van der Waals surface area (Å²) in [6.45, 7) is 7.89. The molecule has 0 unspecified atom stereocenters. The second-order valence-electron chi connectivity index (χ2n) is 6.24. The van der Waals surface area contributed by atoms with Gasteiger partial charge < -0.3 is 0 Å². The Kier molecular flexibility index (Phi) is 5.17. The van der Waals surface area contributed by atoms with Crippen molar-refractivity contribution >= 4 is 5.69 Å². The highest BCUT2D eigenvalue weighted by molar-refractivity contribution is 5.32. The van der Waals surface area contributed by atoms with E-state index in [4.69, 9.17) is 0 Å². The largest absolute Gasteiger partial charge is 0.297 e. The molecule has 3 rings (SSSR count). The Bertz CT molecular complexity index is 694. The number of benzene rings is 1. The van der Waals surface area contributed by atoms with Crippen LogP contribution in [0.2, 0.25) is 0 Å². The van der Waals surface area contributed by atoms with Crippen LogP contribution in [0.3, 0.4) is 0 Å². The summed E-state index contributed by atoms with van der Waals surface area (Å²) in [5, 5.41) is 10.7. The van der Waals surface area contributed by atoms with Crippen LogP contribution in [0.4, 0.5) is 5.69 Å². The number of hydrogen-bond acceptors (Lipinski definition) is 5. The third-order valence-electron chi connectivity index (χ3n) is 4.51. The summed E-state index contributed by atoms with van der Waals surface area (Å²) < 4.78 is 0. The Morgan fingerprint density at radius 2 is 1.67 bits per heavy atom. The highest BCUT2D eigenvalue weighted by Crippen LogP contribution is 2.15.